The summed E-state index contributed by atoms with van der Waals surface area (Å²) in [5.74, 6) is -0.721. The van der Waals surface area contributed by atoms with Crippen LogP contribution in [0.1, 0.15) is 69.9 Å². The van der Waals surface area contributed by atoms with Crippen molar-refractivity contribution in [2.24, 2.45) is 5.73 Å². The number of carbonyl (C=O) groups is 1. The molecular weight excluding hydrogens is 617 g/mol. The monoisotopic (exact) mass is 649 g/mol. The first-order chi connectivity index (χ1) is 18.7. The van der Waals surface area contributed by atoms with Gasteiger partial charge in [0, 0.05) is 16.9 Å². The zero-order valence-electron chi connectivity index (χ0n) is 22.0. The predicted octanol–water partition coefficient (Wildman–Crippen LogP) is 7.75. The Balaban J connectivity index is 0.000000372. The SMILES string of the molecule is Cc1ccc(C(C)C)cc1.[Cl][Ru+].[NH-]C(=O)c1ccc(S(=O)[O-])c([C@@H](c2ccccc2)[C@@H](N)c2ccccc2)c1. The van der Waals surface area contributed by atoms with E-state index < -0.39 is 28.9 Å². The van der Waals surface area contributed by atoms with Gasteiger partial charge in [-0.2, -0.15) is 0 Å². The molecule has 0 spiro atoms. The van der Waals surface area contributed by atoms with Gasteiger partial charge in [0.15, 0.2) is 0 Å². The van der Waals surface area contributed by atoms with E-state index in [1.807, 2.05) is 78.0 Å². The summed E-state index contributed by atoms with van der Waals surface area (Å²) < 4.78 is 23.7. The molecule has 0 bridgehead atoms. The number of nitrogens with two attached hydrogens (primary N) is 1. The van der Waals surface area contributed by atoms with Gasteiger partial charge in [-0.1, -0.05) is 110 Å². The number of aryl methyl sites for hydroxylation is 1. The van der Waals surface area contributed by atoms with Crippen LogP contribution in [-0.2, 0) is 28.4 Å². The molecule has 1 amide bonds. The number of carbonyl (C=O) groups excluding carboxylic acids is 1. The first-order valence-electron chi connectivity index (χ1n) is 12.2. The van der Waals surface area contributed by atoms with E-state index >= 15 is 0 Å². The van der Waals surface area contributed by atoms with Crippen molar-refractivity contribution in [3.05, 3.63) is 142 Å². The third-order valence-electron chi connectivity index (χ3n) is 6.23. The standard InChI is InChI=1S/C21H20N2O3S.C10H14.ClH.Ru/c22-20(15-9-5-2-6-10-15)19(14-7-3-1-4-8-14)17-13-16(21(23)24)11-12-18(17)27(25)26;1-8(2)10-6-4-9(3)5-7-10;;/h1-13,19-20H,22H2,(H3,23,24,25,26);4-8H,1-3H3;1H;/q;;;+2/p-3/t19-,20+;;;/m1.../s1. The van der Waals surface area contributed by atoms with Gasteiger partial charge in [-0.3, -0.25) is 4.21 Å². The van der Waals surface area contributed by atoms with E-state index in [2.05, 4.69) is 54.7 Å². The number of halogens is 1. The summed E-state index contributed by atoms with van der Waals surface area (Å²) in [7, 11) is 4.57. The maximum absolute atomic E-state index is 11.8. The fourth-order valence-electron chi connectivity index (χ4n) is 4.14. The van der Waals surface area contributed by atoms with Crippen LogP contribution < -0.4 is 5.73 Å². The fraction of sp³-hybridized carbons (Fsp3) is 0.194. The van der Waals surface area contributed by atoms with Crippen LogP contribution in [0.15, 0.2) is 108 Å². The zero-order valence-corrected chi connectivity index (χ0v) is 25.3. The molecule has 206 valence electrons. The molecule has 1 unspecified atom stereocenters. The molecule has 0 aliphatic carbocycles. The Morgan fingerprint density at radius 2 is 1.36 bits per heavy atom. The van der Waals surface area contributed by atoms with Gasteiger partial charge in [0.1, 0.15) is 0 Å². The smallest absolute Gasteiger partial charge is 0.0796 e. The Hall–Kier alpha value is -2.67. The topological polar surface area (TPSA) is 107 Å². The summed E-state index contributed by atoms with van der Waals surface area (Å²) in [6, 6.07) is 31.0. The minimum Gasteiger partial charge on any atom is -0.768 e. The maximum atomic E-state index is 11.8. The van der Waals surface area contributed by atoms with Crippen molar-refractivity contribution in [2.45, 2.75) is 43.5 Å². The molecule has 4 aromatic carbocycles. The number of amides is 1. The van der Waals surface area contributed by atoms with Crippen LogP contribution in [0.25, 0.3) is 5.73 Å². The first kappa shape index (κ1) is 32.5. The summed E-state index contributed by atoms with van der Waals surface area (Å²) in [5, 5.41) is 0. The maximum Gasteiger partial charge on any atom is 0.0796 e. The molecule has 5 nitrogen and oxygen atoms in total. The van der Waals surface area contributed by atoms with E-state index in [-0.39, 0.29) is 10.5 Å². The molecule has 0 aliphatic heterocycles. The van der Waals surface area contributed by atoms with Crippen molar-refractivity contribution in [3.63, 3.8) is 0 Å². The van der Waals surface area contributed by atoms with Crippen molar-refractivity contribution in [3.8, 4) is 0 Å². The van der Waals surface area contributed by atoms with Gasteiger partial charge in [-0.25, -0.2) is 0 Å². The Morgan fingerprint density at radius 1 is 0.846 bits per heavy atom. The number of benzene rings is 4. The van der Waals surface area contributed by atoms with Gasteiger partial charge in [-0.05, 0) is 63.9 Å². The Labute approximate surface area is 248 Å². The molecule has 0 aliphatic rings. The zero-order chi connectivity index (χ0) is 28.9. The third kappa shape index (κ3) is 9.49. The summed E-state index contributed by atoms with van der Waals surface area (Å²) in [6.45, 7) is 6.54. The van der Waals surface area contributed by atoms with E-state index in [0.29, 0.717) is 11.5 Å². The minimum absolute atomic E-state index is 0.0697. The van der Waals surface area contributed by atoms with Gasteiger partial charge in [0.25, 0.3) is 0 Å². The molecule has 3 N–H and O–H groups in total. The molecule has 0 aromatic heterocycles. The second-order valence-corrected chi connectivity index (χ2v) is 10.1. The van der Waals surface area contributed by atoms with Gasteiger partial charge in [-0.15, -0.1) is 0 Å². The first-order valence-corrected chi connectivity index (χ1v) is 15.5. The summed E-state index contributed by atoms with van der Waals surface area (Å²) >= 11 is -0.685. The molecule has 0 fully saturated rings. The molecule has 4 aromatic rings. The van der Waals surface area contributed by atoms with Crippen molar-refractivity contribution >= 4 is 26.7 Å². The summed E-state index contributed by atoms with van der Waals surface area (Å²) in [6.07, 6.45) is 0. The van der Waals surface area contributed by atoms with E-state index in [9.17, 15) is 13.6 Å². The Kier molecular flexibility index (Phi) is 13.7. The Morgan fingerprint density at radius 3 is 1.82 bits per heavy atom. The van der Waals surface area contributed by atoms with Crippen LogP contribution in [0.2, 0.25) is 0 Å². The van der Waals surface area contributed by atoms with Crippen LogP contribution in [0.4, 0.5) is 0 Å². The third-order valence-corrected chi connectivity index (χ3v) is 6.96. The predicted molar refractivity (Wildman–Crippen MR) is 155 cm³/mol. The van der Waals surface area contributed by atoms with Crippen LogP contribution in [0.5, 0.6) is 0 Å². The molecule has 0 saturated heterocycles. The normalized spacial score (nSPS) is 12.7. The molecular formula is C31H32ClN2O3RuS-. The largest absolute Gasteiger partial charge is 0.768 e. The number of rotatable bonds is 7. The average Bonchev–Trinajstić information content (AvgIpc) is 2.95. The van der Waals surface area contributed by atoms with E-state index in [1.54, 1.807) is 0 Å². The van der Waals surface area contributed by atoms with E-state index in [4.69, 9.17) is 11.5 Å². The van der Waals surface area contributed by atoms with Gasteiger partial charge < -0.3 is 20.8 Å². The average molecular weight is 649 g/mol. The Bertz CT molecular complexity index is 1340. The number of nitrogens with one attached hydrogen (secondary N) is 1. The van der Waals surface area contributed by atoms with Crippen LogP contribution in [-0.4, -0.2) is 14.7 Å². The second kappa shape index (κ2) is 16.4. The molecule has 0 heterocycles. The van der Waals surface area contributed by atoms with Crippen molar-refractivity contribution in [1.29, 1.82) is 0 Å². The van der Waals surface area contributed by atoms with Crippen molar-refractivity contribution < 1.29 is 30.9 Å². The minimum atomic E-state index is -2.51. The molecule has 8 heteroatoms. The number of hydrogen-bond acceptors (Lipinski definition) is 4. The molecule has 0 saturated carbocycles. The van der Waals surface area contributed by atoms with E-state index in [1.165, 1.54) is 29.3 Å². The summed E-state index contributed by atoms with van der Waals surface area (Å²) in [5.41, 5.74) is 18.9. The molecule has 3 atom stereocenters. The van der Waals surface area contributed by atoms with E-state index in [0.717, 1.165) is 11.1 Å². The van der Waals surface area contributed by atoms with Gasteiger partial charge >= 0.3 is 27.0 Å². The molecule has 4 rings (SSSR count). The number of hydrogen-bond donors (Lipinski definition) is 1. The van der Waals surface area contributed by atoms with Gasteiger partial charge in [0.2, 0.25) is 0 Å². The van der Waals surface area contributed by atoms with Crippen molar-refractivity contribution in [1.82, 2.24) is 0 Å². The van der Waals surface area contributed by atoms with Crippen LogP contribution in [0, 0.1) is 6.92 Å². The molecule has 0 radical (unpaired) electrons. The fourth-order valence-corrected chi connectivity index (χ4v) is 4.70. The van der Waals surface area contributed by atoms with Gasteiger partial charge in [0.05, 0.1) is 5.91 Å². The molecule has 39 heavy (non-hydrogen) atoms. The van der Waals surface area contributed by atoms with Crippen molar-refractivity contribution in [2.75, 3.05) is 0 Å². The summed E-state index contributed by atoms with van der Waals surface area (Å²) in [4.78, 5) is 11.6. The second-order valence-electron chi connectivity index (χ2n) is 9.21. The van der Waals surface area contributed by atoms with Crippen LogP contribution >= 0.6 is 9.69 Å². The van der Waals surface area contributed by atoms with Crippen LogP contribution in [0.3, 0.4) is 0 Å². The quantitative estimate of drug-likeness (QED) is 0.163.